The van der Waals surface area contributed by atoms with Gasteiger partial charge in [-0.3, -0.25) is 4.79 Å². The van der Waals surface area contributed by atoms with Gasteiger partial charge in [0, 0.05) is 19.3 Å². The van der Waals surface area contributed by atoms with Gasteiger partial charge in [0.25, 0.3) is 0 Å². The highest BCUT2D eigenvalue weighted by Crippen LogP contribution is 2.25. The van der Waals surface area contributed by atoms with E-state index in [-0.39, 0.29) is 17.6 Å². The Hall–Kier alpha value is -1.42. The van der Waals surface area contributed by atoms with Gasteiger partial charge in [0.1, 0.15) is 5.82 Å². The van der Waals surface area contributed by atoms with Gasteiger partial charge in [-0.15, -0.1) is 0 Å². The van der Waals surface area contributed by atoms with Gasteiger partial charge >= 0.3 is 0 Å². The molecule has 16 heavy (non-hydrogen) atoms. The number of halogens is 1. The summed E-state index contributed by atoms with van der Waals surface area (Å²) >= 11 is 0. The summed E-state index contributed by atoms with van der Waals surface area (Å²) in [7, 11) is 1.59. The highest BCUT2D eigenvalue weighted by Gasteiger charge is 2.32. The van der Waals surface area contributed by atoms with E-state index >= 15 is 0 Å². The van der Waals surface area contributed by atoms with Gasteiger partial charge in [0.2, 0.25) is 5.91 Å². The first-order chi connectivity index (χ1) is 7.72. The summed E-state index contributed by atoms with van der Waals surface area (Å²) in [5, 5.41) is 0. The van der Waals surface area contributed by atoms with Gasteiger partial charge in [0.15, 0.2) is 0 Å². The molecule has 1 aliphatic rings. The fourth-order valence-electron chi connectivity index (χ4n) is 1.97. The smallest absolute Gasteiger partial charge is 0.232 e. The van der Waals surface area contributed by atoms with Gasteiger partial charge in [-0.25, -0.2) is 4.39 Å². The van der Waals surface area contributed by atoms with Gasteiger partial charge < -0.3 is 9.64 Å². The van der Waals surface area contributed by atoms with Crippen LogP contribution in [0.2, 0.25) is 0 Å². The lowest BCUT2D eigenvalue weighted by atomic mass is 10.1. The number of benzene rings is 1. The second-order valence-corrected chi connectivity index (χ2v) is 3.91. The Morgan fingerprint density at radius 3 is 2.75 bits per heavy atom. The maximum absolute atomic E-state index is 12.7. The van der Waals surface area contributed by atoms with Crippen LogP contribution in [0.5, 0.6) is 0 Å². The average molecular weight is 223 g/mol. The number of hydrogen-bond donors (Lipinski definition) is 0. The van der Waals surface area contributed by atoms with E-state index in [1.807, 2.05) is 0 Å². The Balaban J connectivity index is 2.12. The number of nitrogens with zero attached hydrogens (tertiary/aromatic N) is 1. The number of carbonyl (C=O) groups excluding carboxylic acids is 1. The molecule has 0 aliphatic carbocycles. The van der Waals surface area contributed by atoms with E-state index in [1.165, 1.54) is 12.1 Å². The molecule has 1 saturated heterocycles. The molecule has 0 spiro atoms. The minimum Gasteiger partial charge on any atom is -0.384 e. The van der Waals surface area contributed by atoms with Crippen LogP contribution in [0.25, 0.3) is 0 Å². The molecular weight excluding hydrogens is 209 g/mol. The predicted octanol–water partition coefficient (Wildman–Crippen LogP) is 1.82. The van der Waals surface area contributed by atoms with E-state index in [2.05, 4.69) is 0 Å². The summed E-state index contributed by atoms with van der Waals surface area (Å²) < 4.78 is 17.7. The largest absolute Gasteiger partial charge is 0.384 e. The summed E-state index contributed by atoms with van der Waals surface area (Å²) in [4.78, 5) is 13.6. The Labute approximate surface area is 93.8 Å². The first kappa shape index (κ1) is 11.1. The number of rotatable bonds is 3. The second kappa shape index (κ2) is 4.61. The second-order valence-electron chi connectivity index (χ2n) is 3.91. The van der Waals surface area contributed by atoms with Crippen molar-refractivity contribution < 1.29 is 13.9 Å². The van der Waals surface area contributed by atoms with E-state index in [0.29, 0.717) is 13.2 Å². The van der Waals surface area contributed by atoms with Crippen molar-refractivity contribution in [3.63, 3.8) is 0 Å². The molecule has 4 heteroatoms. The summed E-state index contributed by atoms with van der Waals surface area (Å²) in [6.45, 7) is 1.13. The zero-order valence-corrected chi connectivity index (χ0v) is 9.15. The van der Waals surface area contributed by atoms with Gasteiger partial charge in [-0.2, -0.15) is 0 Å². The Morgan fingerprint density at radius 1 is 1.44 bits per heavy atom. The third-order valence-electron chi connectivity index (χ3n) is 2.82. The lowest BCUT2D eigenvalue weighted by molar-refractivity contribution is -0.121. The van der Waals surface area contributed by atoms with Crippen molar-refractivity contribution in [2.45, 2.75) is 6.42 Å². The lowest BCUT2D eigenvalue weighted by Crippen LogP contribution is -2.28. The van der Waals surface area contributed by atoms with Crippen LogP contribution in [0, 0.1) is 11.7 Å². The molecular formula is C12H14FNO2. The minimum atomic E-state index is -0.288. The Morgan fingerprint density at radius 2 is 2.12 bits per heavy atom. The first-order valence-corrected chi connectivity index (χ1v) is 5.28. The molecule has 0 N–H and O–H groups in total. The summed E-state index contributed by atoms with van der Waals surface area (Å²) in [6.07, 6.45) is 0.796. The van der Waals surface area contributed by atoms with Crippen LogP contribution in [-0.4, -0.2) is 26.2 Å². The Bertz CT molecular complexity index is 377. The topological polar surface area (TPSA) is 29.5 Å². The minimum absolute atomic E-state index is 0.0601. The zero-order chi connectivity index (χ0) is 11.5. The first-order valence-electron chi connectivity index (χ1n) is 5.28. The molecule has 1 fully saturated rings. The fourth-order valence-corrected chi connectivity index (χ4v) is 1.97. The van der Waals surface area contributed by atoms with Gasteiger partial charge in [0.05, 0.1) is 12.5 Å². The third-order valence-corrected chi connectivity index (χ3v) is 2.82. The maximum atomic E-state index is 12.7. The number of methoxy groups -OCH3 is 1. The molecule has 86 valence electrons. The van der Waals surface area contributed by atoms with Crippen LogP contribution in [-0.2, 0) is 9.53 Å². The predicted molar refractivity (Wildman–Crippen MR) is 58.7 cm³/mol. The molecule has 0 bridgehead atoms. The van der Waals surface area contributed by atoms with Crippen LogP contribution in [0.3, 0.4) is 0 Å². The average Bonchev–Trinajstić information content (AvgIpc) is 2.63. The lowest BCUT2D eigenvalue weighted by Gasteiger charge is -2.16. The van der Waals surface area contributed by atoms with E-state index < -0.39 is 0 Å². The van der Waals surface area contributed by atoms with Crippen molar-refractivity contribution in [3.05, 3.63) is 30.1 Å². The zero-order valence-electron chi connectivity index (χ0n) is 9.15. The van der Waals surface area contributed by atoms with Crippen molar-refractivity contribution in [2.24, 2.45) is 5.92 Å². The third kappa shape index (κ3) is 2.07. The van der Waals surface area contributed by atoms with Gasteiger partial charge in [-0.05, 0) is 30.7 Å². The maximum Gasteiger partial charge on any atom is 0.232 e. The number of hydrogen-bond acceptors (Lipinski definition) is 2. The van der Waals surface area contributed by atoms with Crippen LogP contribution in [0.1, 0.15) is 6.42 Å². The standard InChI is InChI=1S/C12H14FNO2/c1-16-8-9-6-7-14(12(9)15)11-4-2-10(13)3-5-11/h2-5,9H,6-8H2,1H3. The molecule has 0 saturated carbocycles. The van der Waals surface area contributed by atoms with Crippen molar-refractivity contribution in [3.8, 4) is 0 Å². The Kier molecular flexibility index (Phi) is 3.19. The molecule has 0 radical (unpaired) electrons. The molecule has 1 heterocycles. The highest BCUT2D eigenvalue weighted by atomic mass is 19.1. The molecule has 1 atom stereocenters. The van der Waals surface area contributed by atoms with E-state index in [4.69, 9.17) is 4.74 Å². The molecule has 1 aliphatic heterocycles. The number of anilines is 1. The van der Waals surface area contributed by atoms with E-state index in [1.54, 1.807) is 24.1 Å². The SMILES string of the molecule is COCC1CCN(c2ccc(F)cc2)C1=O. The fraction of sp³-hybridized carbons (Fsp3) is 0.417. The molecule has 1 amide bonds. The molecule has 0 aromatic heterocycles. The monoisotopic (exact) mass is 223 g/mol. The highest BCUT2D eigenvalue weighted by molar-refractivity contribution is 5.97. The molecule has 1 aromatic carbocycles. The summed E-state index contributed by atoms with van der Waals surface area (Å²) in [5.74, 6) is -0.285. The van der Waals surface area contributed by atoms with Crippen molar-refractivity contribution >= 4 is 11.6 Å². The quantitative estimate of drug-likeness (QED) is 0.782. The number of ether oxygens (including phenoxy) is 1. The molecule has 1 aromatic rings. The van der Waals surface area contributed by atoms with E-state index in [0.717, 1.165) is 12.1 Å². The summed E-state index contributed by atoms with van der Waals surface area (Å²) in [5.41, 5.74) is 0.755. The van der Waals surface area contributed by atoms with Crippen LogP contribution in [0.4, 0.5) is 10.1 Å². The van der Waals surface area contributed by atoms with Crippen molar-refractivity contribution in [1.29, 1.82) is 0 Å². The number of amides is 1. The molecule has 3 nitrogen and oxygen atoms in total. The van der Waals surface area contributed by atoms with E-state index in [9.17, 15) is 9.18 Å². The normalized spacial score (nSPS) is 20.5. The van der Waals surface area contributed by atoms with Crippen LogP contribution in [0.15, 0.2) is 24.3 Å². The van der Waals surface area contributed by atoms with Crippen LogP contribution < -0.4 is 4.90 Å². The number of carbonyl (C=O) groups is 1. The molecule has 1 unspecified atom stereocenters. The summed E-state index contributed by atoms with van der Waals surface area (Å²) in [6, 6.07) is 5.99. The van der Waals surface area contributed by atoms with Crippen LogP contribution >= 0.6 is 0 Å². The van der Waals surface area contributed by atoms with Gasteiger partial charge in [-0.1, -0.05) is 0 Å². The molecule has 2 rings (SSSR count). The van der Waals surface area contributed by atoms with Crippen molar-refractivity contribution in [2.75, 3.05) is 25.2 Å². The van der Waals surface area contributed by atoms with Crippen molar-refractivity contribution in [1.82, 2.24) is 0 Å².